The van der Waals surface area contributed by atoms with Gasteiger partial charge in [-0.25, -0.2) is 4.98 Å². The number of ether oxygens (including phenoxy) is 1. The molecule has 0 aliphatic heterocycles. The van der Waals surface area contributed by atoms with Crippen LogP contribution in [0.3, 0.4) is 0 Å². The monoisotopic (exact) mass is 585 g/mol. The first-order valence-electron chi connectivity index (χ1n) is 15.9. The topological polar surface area (TPSA) is 110 Å². The third-order valence-electron chi connectivity index (χ3n) is 9.79. The second-order valence-electron chi connectivity index (χ2n) is 12.8. The standard InChI is InChI=1S/C34H43N5O4/c1-22-31(43-2)14-13-30(37-22)25-7-5-24(6-8-25)20-38(34(42)26-9-3-23(4-10-26)17-33(40)41)32-18-27(15-16-35-32)28-19-36-39(21-28)29-11-12-29/h13-16,18-19,21,23-26,29H,3-12,17,20H2,1-2H3,(H,40,41). The lowest BCUT2D eigenvalue weighted by atomic mass is 9.78. The molecule has 6 rings (SSSR count). The van der Waals surface area contributed by atoms with Crippen molar-refractivity contribution >= 4 is 17.7 Å². The Kier molecular flexibility index (Phi) is 8.77. The molecule has 0 bridgehead atoms. The van der Waals surface area contributed by atoms with Gasteiger partial charge in [-0.05, 0) is 113 Å². The van der Waals surface area contributed by atoms with Gasteiger partial charge in [-0.1, -0.05) is 0 Å². The lowest BCUT2D eigenvalue weighted by Crippen LogP contribution is -2.42. The van der Waals surface area contributed by atoms with E-state index in [0.717, 1.165) is 79.6 Å². The van der Waals surface area contributed by atoms with Crippen molar-refractivity contribution < 1.29 is 19.4 Å². The molecule has 3 heterocycles. The van der Waals surface area contributed by atoms with Crippen LogP contribution in [0.4, 0.5) is 5.82 Å². The summed E-state index contributed by atoms with van der Waals surface area (Å²) in [5.41, 5.74) is 4.11. The van der Waals surface area contributed by atoms with Gasteiger partial charge >= 0.3 is 5.97 Å². The molecule has 0 spiro atoms. The van der Waals surface area contributed by atoms with Crippen LogP contribution >= 0.6 is 0 Å². The smallest absolute Gasteiger partial charge is 0.303 e. The molecule has 3 aliphatic carbocycles. The largest absolute Gasteiger partial charge is 0.495 e. The highest BCUT2D eigenvalue weighted by Crippen LogP contribution is 2.39. The Hall–Kier alpha value is -3.75. The van der Waals surface area contributed by atoms with Crippen molar-refractivity contribution in [1.29, 1.82) is 0 Å². The van der Waals surface area contributed by atoms with Crippen LogP contribution in [0.1, 0.15) is 94.0 Å². The van der Waals surface area contributed by atoms with Crippen LogP contribution in [-0.4, -0.2) is 50.4 Å². The van der Waals surface area contributed by atoms with Crippen LogP contribution in [-0.2, 0) is 9.59 Å². The summed E-state index contributed by atoms with van der Waals surface area (Å²) in [5, 5.41) is 13.8. The number of carboxylic acids is 1. The highest BCUT2D eigenvalue weighted by molar-refractivity contribution is 5.94. The number of amides is 1. The second-order valence-corrected chi connectivity index (χ2v) is 12.8. The third-order valence-corrected chi connectivity index (χ3v) is 9.79. The molecule has 1 N–H and O–H groups in total. The number of nitrogens with zero attached hydrogens (tertiary/aromatic N) is 5. The number of carbonyl (C=O) groups excluding carboxylic acids is 1. The van der Waals surface area contributed by atoms with Crippen molar-refractivity contribution in [3.8, 4) is 16.9 Å². The summed E-state index contributed by atoms with van der Waals surface area (Å²) in [6.45, 7) is 2.64. The van der Waals surface area contributed by atoms with Gasteiger partial charge in [0.25, 0.3) is 0 Å². The van der Waals surface area contributed by atoms with E-state index in [1.165, 1.54) is 12.8 Å². The number of hydrogen-bond acceptors (Lipinski definition) is 6. The fraction of sp³-hybridized carbons (Fsp3) is 0.559. The average molecular weight is 586 g/mol. The molecule has 3 aromatic heterocycles. The molecule has 3 fully saturated rings. The minimum absolute atomic E-state index is 0.101. The molecule has 228 valence electrons. The summed E-state index contributed by atoms with van der Waals surface area (Å²) in [4.78, 5) is 36.9. The molecule has 3 aliphatic rings. The van der Waals surface area contributed by atoms with E-state index in [2.05, 4.69) is 17.4 Å². The fourth-order valence-electron chi connectivity index (χ4n) is 7.06. The molecule has 43 heavy (non-hydrogen) atoms. The number of pyridine rings is 2. The predicted octanol–water partition coefficient (Wildman–Crippen LogP) is 6.58. The molecule has 0 unspecified atom stereocenters. The summed E-state index contributed by atoms with van der Waals surface area (Å²) in [6, 6.07) is 8.65. The number of methoxy groups -OCH3 is 1. The number of carboxylic acid groups (broad SMARTS) is 1. The highest BCUT2D eigenvalue weighted by atomic mass is 16.5. The first kappa shape index (κ1) is 29.3. The summed E-state index contributed by atoms with van der Waals surface area (Å²) in [7, 11) is 1.68. The van der Waals surface area contributed by atoms with E-state index in [1.807, 2.05) is 40.9 Å². The van der Waals surface area contributed by atoms with Gasteiger partial charge in [0.15, 0.2) is 0 Å². The lowest BCUT2D eigenvalue weighted by molar-refractivity contribution is -0.138. The van der Waals surface area contributed by atoms with Gasteiger partial charge in [-0.2, -0.15) is 5.10 Å². The number of rotatable bonds is 10. The molecular weight excluding hydrogens is 542 g/mol. The maximum Gasteiger partial charge on any atom is 0.303 e. The number of hydrogen-bond donors (Lipinski definition) is 1. The van der Waals surface area contributed by atoms with E-state index in [1.54, 1.807) is 13.3 Å². The normalized spacial score (nSPS) is 24.0. The van der Waals surface area contributed by atoms with E-state index in [-0.39, 0.29) is 24.2 Å². The van der Waals surface area contributed by atoms with Gasteiger partial charge in [0.1, 0.15) is 11.6 Å². The van der Waals surface area contributed by atoms with Crippen LogP contribution in [0.5, 0.6) is 5.75 Å². The molecule has 0 atom stereocenters. The molecule has 9 heteroatoms. The van der Waals surface area contributed by atoms with E-state index in [4.69, 9.17) is 14.7 Å². The number of aliphatic carboxylic acids is 1. The van der Waals surface area contributed by atoms with Crippen molar-refractivity contribution in [3.63, 3.8) is 0 Å². The average Bonchev–Trinajstić information content (AvgIpc) is 3.76. The molecule has 9 nitrogen and oxygen atoms in total. The Balaban J connectivity index is 1.18. The molecule has 0 saturated heterocycles. The molecule has 1 amide bonds. The SMILES string of the molecule is COc1ccc(C2CCC(CN(C(=O)C3CCC(CC(=O)O)CC3)c3cc(-c4cnn(C5CC5)c4)ccn3)CC2)nc1C. The Morgan fingerprint density at radius 2 is 1.72 bits per heavy atom. The van der Waals surface area contributed by atoms with Crippen LogP contribution < -0.4 is 9.64 Å². The zero-order valence-corrected chi connectivity index (χ0v) is 25.3. The summed E-state index contributed by atoms with van der Waals surface area (Å²) < 4.78 is 7.45. The second kappa shape index (κ2) is 12.9. The molecular formula is C34H43N5O4. The van der Waals surface area contributed by atoms with Crippen LogP contribution in [0.15, 0.2) is 42.9 Å². The fourth-order valence-corrected chi connectivity index (χ4v) is 7.06. The summed E-state index contributed by atoms with van der Waals surface area (Å²) in [6.07, 6.45) is 15.5. The highest BCUT2D eigenvalue weighted by Gasteiger charge is 2.34. The summed E-state index contributed by atoms with van der Waals surface area (Å²) >= 11 is 0. The predicted molar refractivity (Wildman–Crippen MR) is 164 cm³/mol. The van der Waals surface area contributed by atoms with Crippen molar-refractivity contribution in [3.05, 3.63) is 54.2 Å². The minimum Gasteiger partial charge on any atom is -0.495 e. The first-order valence-corrected chi connectivity index (χ1v) is 15.9. The number of aryl methyl sites for hydroxylation is 1. The van der Waals surface area contributed by atoms with E-state index >= 15 is 0 Å². The quantitative estimate of drug-likeness (QED) is 0.286. The van der Waals surface area contributed by atoms with Crippen LogP contribution in [0, 0.1) is 24.7 Å². The van der Waals surface area contributed by atoms with Crippen molar-refractivity contribution in [2.45, 2.75) is 89.5 Å². The van der Waals surface area contributed by atoms with Crippen LogP contribution in [0.2, 0.25) is 0 Å². The third kappa shape index (κ3) is 6.92. The Morgan fingerprint density at radius 3 is 2.40 bits per heavy atom. The van der Waals surface area contributed by atoms with Crippen molar-refractivity contribution in [2.24, 2.45) is 17.8 Å². The lowest BCUT2D eigenvalue weighted by Gasteiger charge is -2.35. The van der Waals surface area contributed by atoms with Gasteiger partial charge in [0.05, 0.1) is 25.0 Å². The maximum atomic E-state index is 14.2. The zero-order valence-electron chi connectivity index (χ0n) is 25.3. The van der Waals surface area contributed by atoms with Crippen LogP contribution in [0.25, 0.3) is 11.1 Å². The van der Waals surface area contributed by atoms with Gasteiger partial charge in [-0.3, -0.25) is 24.2 Å². The van der Waals surface area contributed by atoms with E-state index < -0.39 is 5.97 Å². The molecule has 3 saturated carbocycles. The van der Waals surface area contributed by atoms with E-state index in [0.29, 0.717) is 30.2 Å². The first-order chi connectivity index (χ1) is 20.9. The van der Waals surface area contributed by atoms with Crippen molar-refractivity contribution in [1.82, 2.24) is 19.7 Å². The Labute approximate surface area is 253 Å². The zero-order chi connectivity index (χ0) is 29.9. The maximum absolute atomic E-state index is 14.2. The van der Waals surface area contributed by atoms with Gasteiger partial charge in [-0.15, -0.1) is 0 Å². The molecule has 0 aromatic carbocycles. The minimum atomic E-state index is -0.752. The molecule has 3 aromatic rings. The molecule has 0 radical (unpaired) electrons. The van der Waals surface area contributed by atoms with Gasteiger partial charge in [0.2, 0.25) is 5.91 Å². The van der Waals surface area contributed by atoms with Crippen molar-refractivity contribution in [2.75, 3.05) is 18.6 Å². The Bertz CT molecular complexity index is 1430. The van der Waals surface area contributed by atoms with Gasteiger partial charge < -0.3 is 9.84 Å². The van der Waals surface area contributed by atoms with E-state index in [9.17, 15) is 14.7 Å². The Morgan fingerprint density at radius 1 is 0.977 bits per heavy atom. The number of carbonyl (C=O) groups is 2. The number of aromatic nitrogens is 4. The van der Waals surface area contributed by atoms with Gasteiger partial charge in [0, 0.05) is 48.5 Å². The summed E-state index contributed by atoms with van der Waals surface area (Å²) in [5.74, 6) is 1.74. The number of anilines is 1.